The van der Waals surface area contributed by atoms with Crippen LogP contribution in [0.15, 0.2) is 35.0 Å². The van der Waals surface area contributed by atoms with Gasteiger partial charge in [0, 0.05) is 25.5 Å². The van der Waals surface area contributed by atoms with Crippen molar-refractivity contribution in [3.05, 3.63) is 46.3 Å². The number of fused-ring (bicyclic) bond motifs is 1. The van der Waals surface area contributed by atoms with Gasteiger partial charge in [-0.15, -0.1) is 11.3 Å². The molecule has 18 heavy (non-hydrogen) atoms. The van der Waals surface area contributed by atoms with Crippen LogP contribution in [0, 0.1) is 6.92 Å². The maximum atomic E-state index is 12.1. The van der Waals surface area contributed by atoms with E-state index in [2.05, 4.69) is 9.97 Å². The monoisotopic (exact) mass is 260 g/mol. The minimum Gasteiger partial charge on any atom is -0.333 e. The first kappa shape index (κ1) is 11.2. The van der Waals surface area contributed by atoms with E-state index in [9.17, 15) is 4.79 Å². The number of aryl methyl sites for hydroxylation is 3. The highest BCUT2D eigenvalue weighted by molar-refractivity contribution is 7.17. The fraction of sp³-hybridized carbons (Fsp3) is 0.250. The first-order valence-corrected chi connectivity index (χ1v) is 6.54. The van der Waals surface area contributed by atoms with Crippen LogP contribution in [0.2, 0.25) is 0 Å². The molecular formula is C12H12N4OS. The Hall–Kier alpha value is -1.95. The quantitative estimate of drug-likeness (QED) is 0.719. The molecule has 0 aliphatic rings. The van der Waals surface area contributed by atoms with Crippen molar-refractivity contribution in [2.24, 2.45) is 0 Å². The number of thiophene rings is 1. The zero-order valence-corrected chi connectivity index (χ0v) is 10.7. The zero-order valence-electron chi connectivity index (χ0n) is 9.91. The summed E-state index contributed by atoms with van der Waals surface area (Å²) in [5.41, 5.74) is 0.813. The van der Waals surface area contributed by atoms with Gasteiger partial charge in [-0.05, 0) is 18.4 Å². The van der Waals surface area contributed by atoms with Crippen LogP contribution < -0.4 is 5.56 Å². The van der Waals surface area contributed by atoms with Gasteiger partial charge in [-0.3, -0.25) is 9.36 Å². The first-order valence-electron chi connectivity index (χ1n) is 5.66. The highest BCUT2D eigenvalue weighted by Crippen LogP contribution is 2.13. The van der Waals surface area contributed by atoms with E-state index in [1.807, 2.05) is 29.1 Å². The molecule has 0 saturated carbocycles. The van der Waals surface area contributed by atoms with Crippen LogP contribution in [0.3, 0.4) is 0 Å². The molecule has 0 saturated heterocycles. The van der Waals surface area contributed by atoms with E-state index in [0.29, 0.717) is 6.54 Å². The van der Waals surface area contributed by atoms with Gasteiger partial charge in [-0.25, -0.2) is 9.97 Å². The smallest absolute Gasteiger partial charge is 0.271 e. The second-order valence-electron chi connectivity index (χ2n) is 4.05. The third-order valence-corrected chi connectivity index (χ3v) is 3.83. The van der Waals surface area contributed by atoms with Crippen LogP contribution in [0.5, 0.6) is 0 Å². The fourth-order valence-electron chi connectivity index (χ4n) is 1.89. The molecule has 92 valence electrons. The molecule has 0 aromatic carbocycles. The highest BCUT2D eigenvalue weighted by Gasteiger charge is 2.05. The third-order valence-electron chi connectivity index (χ3n) is 2.94. The minimum absolute atomic E-state index is 0.0350. The lowest BCUT2D eigenvalue weighted by Crippen LogP contribution is -2.22. The van der Waals surface area contributed by atoms with E-state index in [1.165, 1.54) is 11.3 Å². The summed E-state index contributed by atoms with van der Waals surface area (Å²) >= 11 is 1.44. The molecule has 0 amide bonds. The van der Waals surface area contributed by atoms with Gasteiger partial charge in [0.2, 0.25) is 0 Å². The van der Waals surface area contributed by atoms with E-state index in [-0.39, 0.29) is 5.56 Å². The normalized spacial score (nSPS) is 11.2. The maximum Gasteiger partial charge on any atom is 0.271 e. The first-order chi connectivity index (χ1) is 8.75. The van der Waals surface area contributed by atoms with Gasteiger partial charge in [0.1, 0.15) is 10.5 Å². The maximum absolute atomic E-state index is 12.1. The summed E-state index contributed by atoms with van der Waals surface area (Å²) < 4.78 is 4.39. The highest BCUT2D eigenvalue weighted by atomic mass is 32.1. The Morgan fingerprint density at radius 2 is 2.11 bits per heavy atom. The summed E-state index contributed by atoms with van der Waals surface area (Å²) in [7, 11) is 0. The van der Waals surface area contributed by atoms with Gasteiger partial charge in [0.05, 0.1) is 11.8 Å². The number of nitrogens with zero attached hydrogens (tertiary/aromatic N) is 4. The van der Waals surface area contributed by atoms with E-state index < -0.39 is 0 Å². The van der Waals surface area contributed by atoms with Gasteiger partial charge >= 0.3 is 0 Å². The molecule has 0 unspecified atom stereocenters. The average Bonchev–Trinajstić information content (AvgIpc) is 2.98. The molecular weight excluding hydrogens is 248 g/mol. The molecule has 0 radical (unpaired) electrons. The summed E-state index contributed by atoms with van der Waals surface area (Å²) in [5.74, 6) is 0.952. The lowest BCUT2D eigenvalue weighted by Gasteiger charge is -2.07. The largest absolute Gasteiger partial charge is 0.333 e. The average molecular weight is 260 g/mol. The van der Waals surface area contributed by atoms with E-state index in [4.69, 9.17) is 0 Å². The van der Waals surface area contributed by atoms with Gasteiger partial charge in [-0.1, -0.05) is 0 Å². The number of rotatable bonds is 3. The van der Waals surface area contributed by atoms with Crippen molar-refractivity contribution >= 4 is 21.6 Å². The van der Waals surface area contributed by atoms with Crippen molar-refractivity contribution in [3.63, 3.8) is 0 Å². The van der Waals surface area contributed by atoms with E-state index in [1.54, 1.807) is 17.1 Å². The standard InChI is InChI=1S/C12H12N4OS/c1-9-13-3-4-15(9)5-6-16-8-14-10-2-7-18-11(10)12(16)17/h2-4,7-8H,5-6H2,1H3. The molecule has 3 heterocycles. The molecule has 5 nitrogen and oxygen atoms in total. The van der Waals surface area contributed by atoms with Crippen LogP contribution >= 0.6 is 11.3 Å². The molecule has 0 fully saturated rings. The minimum atomic E-state index is 0.0350. The van der Waals surface area contributed by atoms with Crippen LogP contribution in [-0.4, -0.2) is 19.1 Å². The van der Waals surface area contributed by atoms with E-state index in [0.717, 1.165) is 22.6 Å². The van der Waals surface area contributed by atoms with Gasteiger partial charge in [0.25, 0.3) is 5.56 Å². The second-order valence-corrected chi connectivity index (χ2v) is 4.96. The van der Waals surface area contributed by atoms with Gasteiger partial charge in [-0.2, -0.15) is 0 Å². The van der Waals surface area contributed by atoms with Crippen molar-refractivity contribution in [2.75, 3.05) is 0 Å². The van der Waals surface area contributed by atoms with Crippen molar-refractivity contribution in [2.45, 2.75) is 20.0 Å². The molecule has 0 spiro atoms. The lowest BCUT2D eigenvalue weighted by molar-refractivity contribution is 0.553. The second kappa shape index (κ2) is 4.38. The molecule has 0 aliphatic carbocycles. The van der Waals surface area contributed by atoms with Crippen LogP contribution in [0.4, 0.5) is 0 Å². The SMILES string of the molecule is Cc1nccn1CCn1cnc2ccsc2c1=O. The Kier molecular flexibility index (Phi) is 2.71. The molecule has 0 N–H and O–H groups in total. The van der Waals surface area contributed by atoms with Crippen molar-refractivity contribution in [1.29, 1.82) is 0 Å². The Morgan fingerprint density at radius 3 is 2.89 bits per heavy atom. The van der Waals surface area contributed by atoms with Crippen LogP contribution in [0.25, 0.3) is 10.2 Å². The topological polar surface area (TPSA) is 52.7 Å². The molecule has 0 aliphatic heterocycles. The Bertz CT molecular complexity index is 740. The molecule has 3 aromatic heterocycles. The summed E-state index contributed by atoms with van der Waals surface area (Å²) in [6, 6.07) is 1.87. The van der Waals surface area contributed by atoms with Crippen molar-refractivity contribution in [1.82, 2.24) is 19.1 Å². The Labute approximate surface area is 107 Å². The molecule has 0 atom stereocenters. The number of imidazole rings is 1. The van der Waals surface area contributed by atoms with Gasteiger partial charge < -0.3 is 4.57 Å². The summed E-state index contributed by atoms with van der Waals surface area (Å²) in [6.07, 6.45) is 5.29. The predicted molar refractivity (Wildman–Crippen MR) is 70.8 cm³/mol. The Balaban J connectivity index is 1.89. The lowest BCUT2D eigenvalue weighted by atomic mass is 10.4. The van der Waals surface area contributed by atoms with E-state index >= 15 is 0 Å². The number of hydrogen-bond donors (Lipinski definition) is 0. The fourth-order valence-corrected chi connectivity index (χ4v) is 2.69. The molecule has 3 rings (SSSR count). The summed E-state index contributed by atoms with van der Waals surface area (Å²) in [4.78, 5) is 20.6. The van der Waals surface area contributed by atoms with Crippen LogP contribution in [0.1, 0.15) is 5.82 Å². The summed E-state index contributed by atoms with van der Waals surface area (Å²) in [6.45, 7) is 3.28. The number of aromatic nitrogens is 4. The van der Waals surface area contributed by atoms with Gasteiger partial charge in [0.15, 0.2) is 0 Å². The third kappa shape index (κ3) is 1.84. The van der Waals surface area contributed by atoms with Crippen LogP contribution in [-0.2, 0) is 13.1 Å². The molecule has 0 bridgehead atoms. The predicted octanol–water partition coefficient (Wildman–Crippen LogP) is 1.66. The molecule has 6 heteroatoms. The summed E-state index contributed by atoms with van der Waals surface area (Å²) in [5, 5.41) is 1.89. The van der Waals surface area contributed by atoms with Crippen molar-refractivity contribution in [3.8, 4) is 0 Å². The molecule has 3 aromatic rings. The Morgan fingerprint density at radius 1 is 1.28 bits per heavy atom. The number of hydrogen-bond acceptors (Lipinski definition) is 4. The van der Waals surface area contributed by atoms with Crippen molar-refractivity contribution < 1.29 is 0 Å². The zero-order chi connectivity index (χ0) is 12.5.